The van der Waals surface area contributed by atoms with Crippen LogP contribution in [0.1, 0.15) is 33.6 Å². The fraction of sp³-hybridized carbons (Fsp3) is 0.733. The van der Waals surface area contributed by atoms with Gasteiger partial charge in [0.1, 0.15) is 5.60 Å². The Hall–Kier alpha value is -1.52. The van der Waals surface area contributed by atoms with Crippen molar-refractivity contribution in [2.75, 3.05) is 26.7 Å². The first-order valence-electron chi connectivity index (χ1n) is 7.08. The Morgan fingerprint density at radius 2 is 2.10 bits per heavy atom. The van der Waals surface area contributed by atoms with Crippen molar-refractivity contribution >= 4 is 12.0 Å². The van der Waals surface area contributed by atoms with Crippen LogP contribution in [0.25, 0.3) is 0 Å². The summed E-state index contributed by atoms with van der Waals surface area (Å²) in [6.07, 6.45) is 2.93. The molecule has 1 heterocycles. The molecular formula is C15H26N2O3. The standard InChI is InChI=1S/C15H26N2O3/c1-6-13(18)17-10-8-12(11-17)7-9-16(5)14(19)20-15(2,3)4/h6,12H,1,7-11H2,2-5H3. The number of rotatable bonds is 4. The van der Waals surface area contributed by atoms with Crippen LogP contribution in [0.2, 0.25) is 0 Å². The van der Waals surface area contributed by atoms with E-state index in [9.17, 15) is 9.59 Å². The maximum atomic E-state index is 11.8. The lowest BCUT2D eigenvalue weighted by molar-refractivity contribution is -0.125. The molecule has 0 aromatic rings. The molecule has 0 N–H and O–H groups in total. The summed E-state index contributed by atoms with van der Waals surface area (Å²) >= 11 is 0. The number of hydrogen-bond donors (Lipinski definition) is 0. The number of carbonyl (C=O) groups excluding carboxylic acids is 2. The zero-order valence-electron chi connectivity index (χ0n) is 13.0. The van der Waals surface area contributed by atoms with Gasteiger partial charge in [-0.15, -0.1) is 0 Å². The molecule has 114 valence electrons. The highest BCUT2D eigenvalue weighted by Gasteiger charge is 2.26. The van der Waals surface area contributed by atoms with Gasteiger partial charge in [0.15, 0.2) is 0 Å². The minimum Gasteiger partial charge on any atom is -0.444 e. The molecule has 5 nitrogen and oxygen atoms in total. The number of likely N-dealkylation sites (tertiary alicyclic amines) is 1. The fourth-order valence-corrected chi connectivity index (χ4v) is 2.20. The molecule has 2 amide bonds. The third-order valence-corrected chi connectivity index (χ3v) is 3.35. The van der Waals surface area contributed by atoms with Crippen molar-refractivity contribution in [2.24, 2.45) is 5.92 Å². The zero-order valence-corrected chi connectivity index (χ0v) is 13.0. The first-order chi connectivity index (χ1) is 9.23. The van der Waals surface area contributed by atoms with Gasteiger partial charge in [-0.05, 0) is 45.6 Å². The summed E-state index contributed by atoms with van der Waals surface area (Å²) in [6.45, 7) is 11.3. The summed E-state index contributed by atoms with van der Waals surface area (Å²) in [5.41, 5.74) is -0.466. The minimum atomic E-state index is -0.466. The lowest BCUT2D eigenvalue weighted by atomic mass is 10.1. The van der Waals surface area contributed by atoms with Crippen molar-refractivity contribution in [1.82, 2.24) is 9.80 Å². The summed E-state index contributed by atoms with van der Waals surface area (Å²) < 4.78 is 5.30. The summed E-state index contributed by atoms with van der Waals surface area (Å²) in [6, 6.07) is 0. The molecule has 0 saturated carbocycles. The van der Waals surface area contributed by atoms with Crippen LogP contribution in [0.4, 0.5) is 4.79 Å². The van der Waals surface area contributed by atoms with Crippen LogP contribution >= 0.6 is 0 Å². The molecule has 1 unspecified atom stereocenters. The Morgan fingerprint density at radius 3 is 2.65 bits per heavy atom. The van der Waals surface area contributed by atoms with Gasteiger partial charge in [0.05, 0.1) is 0 Å². The van der Waals surface area contributed by atoms with Crippen LogP contribution < -0.4 is 0 Å². The average molecular weight is 282 g/mol. The first kappa shape index (κ1) is 16.5. The van der Waals surface area contributed by atoms with Crippen LogP contribution in [0, 0.1) is 5.92 Å². The Kier molecular flexibility index (Phi) is 5.60. The molecule has 1 atom stereocenters. The molecule has 0 aromatic heterocycles. The minimum absolute atomic E-state index is 0.00648. The Balaban J connectivity index is 2.32. The second-order valence-corrected chi connectivity index (χ2v) is 6.33. The van der Waals surface area contributed by atoms with E-state index in [1.165, 1.54) is 6.08 Å². The lowest BCUT2D eigenvalue weighted by Crippen LogP contribution is -2.35. The van der Waals surface area contributed by atoms with Gasteiger partial charge in [-0.1, -0.05) is 6.58 Å². The van der Waals surface area contributed by atoms with E-state index in [-0.39, 0.29) is 12.0 Å². The molecule has 0 bridgehead atoms. The fourth-order valence-electron chi connectivity index (χ4n) is 2.20. The molecule has 1 aliphatic heterocycles. The SMILES string of the molecule is C=CC(=O)N1CCC(CCN(C)C(=O)OC(C)(C)C)C1. The first-order valence-corrected chi connectivity index (χ1v) is 7.08. The van der Waals surface area contributed by atoms with Gasteiger partial charge in [-0.2, -0.15) is 0 Å². The van der Waals surface area contributed by atoms with E-state index in [0.29, 0.717) is 12.5 Å². The predicted octanol–water partition coefficient (Wildman–Crippen LogP) is 2.28. The smallest absolute Gasteiger partial charge is 0.410 e. The second kappa shape index (κ2) is 6.77. The topological polar surface area (TPSA) is 49.9 Å². The number of ether oxygens (including phenoxy) is 1. The van der Waals surface area contributed by atoms with Crippen molar-refractivity contribution in [3.05, 3.63) is 12.7 Å². The van der Waals surface area contributed by atoms with E-state index >= 15 is 0 Å². The van der Waals surface area contributed by atoms with Crippen LogP contribution in [-0.2, 0) is 9.53 Å². The molecule has 0 aromatic carbocycles. The van der Waals surface area contributed by atoms with E-state index in [1.54, 1.807) is 11.9 Å². The highest BCUT2D eigenvalue weighted by Crippen LogP contribution is 2.20. The molecule has 0 radical (unpaired) electrons. The molecular weight excluding hydrogens is 256 g/mol. The number of amides is 2. The quantitative estimate of drug-likeness (QED) is 0.743. The molecule has 0 aliphatic carbocycles. The van der Waals surface area contributed by atoms with Gasteiger partial charge in [0.25, 0.3) is 0 Å². The normalized spacial score (nSPS) is 18.8. The Labute approximate surface area is 121 Å². The Morgan fingerprint density at radius 1 is 1.45 bits per heavy atom. The second-order valence-electron chi connectivity index (χ2n) is 6.33. The number of carbonyl (C=O) groups is 2. The maximum absolute atomic E-state index is 11.8. The molecule has 20 heavy (non-hydrogen) atoms. The largest absolute Gasteiger partial charge is 0.444 e. The van der Waals surface area contributed by atoms with Crippen molar-refractivity contribution in [3.63, 3.8) is 0 Å². The van der Waals surface area contributed by atoms with Crippen LogP contribution in [0.5, 0.6) is 0 Å². The van der Waals surface area contributed by atoms with Gasteiger partial charge < -0.3 is 14.5 Å². The van der Waals surface area contributed by atoms with E-state index in [0.717, 1.165) is 25.9 Å². The summed E-state index contributed by atoms with van der Waals surface area (Å²) in [5, 5.41) is 0. The number of hydrogen-bond acceptors (Lipinski definition) is 3. The average Bonchev–Trinajstić information content (AvgIpc) is 2.81. The van der Waals surface area contributed by atoms with Gasteiger partial charge >= 0.3 is 6.09 Å². The van der Waals surface area contributed by atoms with Crippen molar-refractivity contribution in [3.8, 4) is 0 Å². The highest BCUT2D eigenvalue weighted by molar-refractivity contribution is 5.87. The zero-order chi connectivity index (χ0) is 15.3. The number of nitrogens with zero attached hydrogens (tertiary/aromatic N) is 2. The summed E-state index contributed by atoms with van der Waals surface area (Å²) in [4.78, 5) is 26.7. The van der Waals surface area contributed by atoms with E-state index < -0.39 is 5.60 Å². The molecule has 1 aliphatic rings. The predicted molar refractivity (Wildman–Crippen MR) is 78.4 cm³/mol. The summed E-state index contributed by atoms with van der Waals surface area (Å²) in [5.74, 6) is 0.441. The third-order valence-electron chi connectivity index (χ3n) is 3.35. The van der Waals surface area contributed by atoms with Crippen molar-refractivity contribution < 1.29 is 14.3 Å². The lowest BCUT2D eigenvalue weighted by Gasteiger charge is -2.25. The van der Waals surface area contributed by atoms with Gasteiger partial charge in [0.2, 0.25) is 5.91 Å². The molecule has 0 spiro atoms. The van der Waals surface area contributed by atoms with E-state index in [1.807, 2.05) is 25.7 Å². The summed E-state index contributed by atoms with van der Waals surface area (Å²) in [7, 11) is 1.75. The van der Waals surface area contributed by atoms with Gasteiger partial charge in [0, 0.05) is 26.7 Å². The maximum Gasteiger partial charge on any atom is 0.410 e. The molecule has 1 saturated heterocycles. The van der Waals surface area contributed by atoms with Crippen LogP contribution in [-0.4, -0.2) is 54.1 Å². The monoisotopic (exact) mass is 282 g/mol. The molecule has 5 heteroatoms. The molecule has 1 rings (SSSR count). The van der Waals surface area contributed by atoms with Gasteiger partial charge in [-0.25, -0.2) is 4.79 Å². The van der Waals surface area contributed by atoms with Crippen LogP contribution in [0.3, 0.4) is 0 Å². The van der Waals surface area contributed by atoms with Crippen molar-refractivity contribution in [1.29, 1.82) is 0 Å². The van der Waals surface area contributed by atoms with Gasteiger partial charge in [-0.3, -0.25) is 4.79 Å². The molecule has 1 fully saturated rings. The third kappa shape index (κ3) is 5.23. The van der Waals surface area contributed by atoms with Crippen LogP contribution in [0.15, 0.2) is 12.7 Å². The Bertz CT molecular complexity index is 374. The highest BCUT2D eigenvalue weighted by atomic mass is 16.6. The van der Waals surface area contributed by atoms with E-state index in [2.05, 4.69) is 6.58 Å². The van der Waals surface area contributed by atoms with Crippen molar-refractivity contribution in [2.45, 2.75) is 39.2 Å². The van der Waals surface area contributed by atoms with E-state index in [4.69, 9.17) is 4.74 Å².